The second-order valence-corrected chi connectivity index (χ2v) is 5.73. The van der Waals surface area contributed by atoms with E-state index in [0.717, 1.165) is 12.0 Å². The molecule has 1 fully saturated rings. The Morgan fingerprint density at radius 2 is 2.41 bits per heavy atom. The Balaban J connectivity index is 1.54. The number of tetrazole rings is 1. The second-order valence-electron chi connectivity index (χ2n) is 5.29. The highest BCUT2D eigenvalue weighted by Gasteiger charge is 2.29. The van der Waals surface area contributed by atoms with E-state index in [9.17, 15) is 4.79 Å². The largest absolute Gasteiger partial charge is 0.483 e. The Morgan fingerprint density at radius 3 is 3.14 bits per heavy atom. The maximum absolute atomic E-state index is 12.2. The molecule has 116 valence electrons. The number of carbonyl (C=O) groups excluding carboxylic acids is 1. The highest BCUT2D eigenvalue weighted by molar-refractivity contribution is 6.30. The summed E-state index contributed by atoms with van der Waals surface area (Å²) in [7, 11) is 0. The molecule has 7 nitrogen and oxygen atoms in total. The third-order valence-electron chi connectivity index (χ3n) is 3.76. The van der Waals surface area contributed by atoms with Crippen molar-refractivity contribution in [2.24, 2.45) is 0 Å². The van der Waals surface area contributed by atoms with Gasteiger partial charge in [-0.2, -0.15) is 5.21 Å². The molecule has 1 unspecified atom stereocenters. The van der Waals surface area contributed by atoms with Crippen LogP contribution in [0.1, 0.15) is 23.7 Å². The first-order valence-corrected chi connectivity index (χ1v) is 7.41. The van der Waals surface area contributed by atoms with Crippen molar-refractivity contribution in [2.45, 2.75) is 19.3 Å². The number of amides is 1. The Bertz CT molecular complexity index is 661. The first kappa shape index (κ1) is 14.8. The molecule has 2 heterocycles. The average molecular weight is 322 g/mol. The minimum atomic E-state index is -0.0413. The van der Waals surface area contributed by atoms with Crippen LogP contribution in [0, 0.1) is 6.92 Å². The van der Waals surface area contributed by atoms with Gasteiger partial charge in [-0.1, -0.05) is 16.8 Å². The number of carbonyl (C=O) groups is 1. The summed E-state index contributed by atoms with van der Waals surface area (Å²) in [5.41, 5.74) is 0.909. The fraction of sp³-hybridized carbons (Fsp3) is 0.429. The van der Waals surface area contributed by atoms with Gasteiger partial charge < -0.3 is 9.64 Å². The molecule has 22 heavy (non-hydrogen) atoms. The predicted molar refractivity (Wildman–Crippen MR) is 79.8 cm³/mol. The minimum absolute atomic E-state index is 0.0153. The van der Waals surface area contributed by atoms with Crippen molar-refractivity contribution in [3.8, 4) is 5.75 Å². The van der Waals surface area contributed by atoms with Crippen LogP contribution in [-0.4, -0.2) is 51.1 Å². The SMILES string of the molecule is Cc1cc(Cl)ccc1OCC(=O)N1CCC(c2nn[nH]n2)C1. The molecule has 1 aliphatic heterocycles. The van der Waals surface area contributed by atoms with Crippen molar-refractivity contribution >= 4 is 17.5 Å². The molecule has 0 bridgehead atoms. The number of rotatable bonds is 4. The summed E-state index contributed by atoms with van der Waals surface area (Å²) >= 11 is 5.90. The summed E-state index contributed by atoms with van der Waals surface area (Å²) in [5.74, 6) is 1.43. The lowest BCUT2D eigenvalue weighted by molar-refractivity contribution is -0.132. The molecule has 8 heteroatoms. The molecule has 1 aliphatic rings. The molecule has 3 rings (SSSR count). The van der Waals surface area contributed by atoms with Crippen molar-refractivity contribution < 1.29 is 9.53 Å². The Morgan fingerprint density at radius 1 is 1.55 bits per heavy atom. The quantitative estimate of drug-likeness (QED) is 0.923. The van der Waals surface area contributed by atoms with Gasteiger partial charge in [0.15, 0.2) is 12.4 Å². The van der Waals surface area contributed by atoms with Crippen LogP contribution >= 0.6 is 11.6 Å². The van der Waals surface area contributed by atoms with E-state index in [1.807, 2.05) is 13.0 Å². The minimum Gasteiger partial charge on any atom is -0.483 e. The van der Waals surface area contributed by atoms with Gasteiger partial charge in [0.25, 0.3) is 5.91 Å². The summed E-state index contributed by atoms with van der Waals surface area (Å²) < 4.78 is 5.59. The standard InChI is InChI=1S/C14H16ClN5O2/c1-9-6-11(15)2-3-12(9)22-8-13(21)20-5-4-10(7-20)14-16-18-19-17-14/h2-3,6,10H,4-5,7-8H2,1H3,(H,16,17,18,19). The number of aryl methyl sites for hydroxylation is 1. The molecule has 1 aromatic heterocycles. The molecule has 1 N–H and O–H groups in total. The molecule has 1 amide bonds. The summed E-state index contributed by atoms with van der Waals surface area (Å²) in [4.78, 5) is 14.0. The van der Waals surface area contributed by atoms with E-state index in [0.29, 0.717) is 29.7 Å². The number of benzene rings is 1. The maximum atomic E-state index is 12.2. The van der Waals surface area contributed by atoms with Crippen molar-refractivity contribution in [1.82, 2.24) is 25.5 Å². The summed E-state index contributed by atoms with van der Waals surface area (Å²) in [6.07, 6.45) is 0.839. The topological polar surface area (TPSA) is 84.0 Å². The molecular formula is C14H16ClN5O2. The van der Waals surface area contributed by atoms with E-state index in [2.05, 4.69) is 20.6 Å². The van der Waals surface area contributed by atoms with Crippen LogP contribution in [0.15, 0.2) is 18.2 Å². The van der Waals surface area contributed by atoms with Crippen molar-refractivity contribution in [1.29, 1.82) is 0 Å². The lowest BCUT2D eigenvalue weighted by Crippen LogP contribution is -2.33. The van der Waals surface area contributed by atoms with Gasteiger partial charge >= 0.3 is 0 Å². The fourth-order valence-corrected chi connectivity index (χ4v) is 2.77. The van der Waals surface area contributed by atoms with Crippen LogP contribution in [0.5, 0.6) is 5.75 Å². The number of ether oxygens (including phenoxy) is 1. The van der Waals surface area contributed by atoms with Gasteiger partial charge in [0.05, 0.1) is 0 Å². The molecular weight excluding hydrogens is 306 g/mol. The Labute approximate surface area is 132 Å². The second kappa shape index (κ2) is 6.31. The van der Waals surface area contributed by atoms with Crippen molar-refractivity contribution in [3.05, 3.63) is 34.6 Å². The molecule has 2 aromatic rings. The molecule has 0 spiro atoms. The molecule has 0 aliphatic carbocycles. The fourth-order valence-electron chi connectivity index (χ4n) is 2.55. The number of aromatic nitrogens is 4. The van der Waals surface area contributed by atoms with Gasteiger partial charge in [-0.3, -0.25) is 4.79 Å². The van der Waals surface area contributed by atoms with Gasteiger partial charge in [-0.25, -0.2) is 0 Å². The van der Waals surface area contributed by atoms with Crippen molar-refractivity contribution in [3.63, 3.8) is 0 Å². The molecule has 1 atom stereocenters. The van der Waals surface area contributed by atoms with Crippen LogP contribution in [0.25, 0.3) is 0 Å². The van der Waals surface area contributed by atoms with Crippen LogP contribution in [0.4, 0.5) is 0 Å². The third kappa shape index (κ3) is 3.19. The van der Waals surface area contributed by atoms with Crippen LogP contribution in [-0.2, 0) is 4.79 Å². The Hall–Kier alpha value is -2.15. The highest BCUT2D eigenvalue weighted by atomic mass is 35.5. The third-order valence-corrected chi connectivity index (χ3v) is 3.99. The zero-order valence-electron chi connectivity index (χ0n) is 12.1. The number of hydrogen-bond acceptors (Lipinski definition) is 5. The maximum Gasteiger partial charge on any atom is 0.260 e. The first-order valence-electron chi connectivity index (χ1n) is 7.03. The predicted octanol–water partition coefficient (Wildman–Crippen LogP) is 1.56. The van der Waals surface area contributed by atoms with Crippen LogP contribution in [0.3, 0.4) is 0 Å². The van der Waals surface area contributed by atoms with E-state index in [1.165, 1.54) is 0 Å². The summed E-state index contributed by atoms with van der Waals surface area (Å²) in [6, 6.07) is 5.33. The lowest BCUT2D eigenvalue weighted by atomic mass is 10.1. The smallest absolute Gasteiger partial charge is 0.260 e. The Kier molecular flexibility index (Phi) is 4.24. The molecule has 0 radical (unpaired) electrons. The van der Waals surface area contributed by atoms with E-state index in [4.69, 9.17) is 16.3 Å². The first-order chi connectivity index (χ1) is 10.6. The highest BCUT2D eigenvalue weighted by Crippen LogP contribution is 2.25. The van der Waals surface area contributed by atoms with E-state index in [1.54, 1.807) is 17.0 Å². The molecule has 0 saturated carbocycles. The van der Waals surface area contributed by atoms with Crippen LogP contribution in [0.2, 0.25) is 5.02 Å². The van der Waals surface area contributed by atoms with Crippen molar-refractivity contribution in [2.75, 3.05) is 19.7 Å². The number of nitrogens with one attached hydrogen (secondary N) is 1. The van der Waals surface area contributed by atoms with Gasteiger partial charge in [0.2, 0.25) is 0 Å². The number of hydrogen-bond donors (Lipinski definition) is 1. The van der Waals surface area contributed by atoms with Gasteiger partial charge in [0, 0.05) is 24.0 Å². The number of likely N-dealkylation sites (tertiary alicyclic amines) is 1. The molecule has 1 aromatic carbocycles. The van der Waals surface area contributed by atoms with E-state index >= 15 is 0 Å². The summed E-state index contributed by atoms with van der Waals surface area (Å²) in [5, 5.41) is 14.6. The van der Waals surface area contributed by atoms with Gasteiger partial charge in [-0.05, 0) is 37.1 Å². The monoisotopic (exact) mass is 321 g/mol. The van der Waals surface area contributed by atoms with Crippen LogP contribution < -0.4 is 4.74 Å². The average Bonchev–Trinajstić information content (AvgIpc) is 3.17. The van der Waals surface area contributed by atoms with Gasteiger partial charge in [-0.15, -0.1) is 10.2 Å². The lowest BCUT2D eigenvalue weighted by Gasteiger charge is -2.17. The number of nitrogens with zero attached hydrogens (tertiary/aromatic N) is 4. The summed E-state index contributed by atoms with van der Waals surface area (Å²) in [6.45, 7) is 3.19. The number of halogens is 1. The number of aromatic amines is 1. The zero-order chi connectivity index (χ0) is 15.5. The zero-order valence-corrected chi connectivity index (χ0v) is 12.9. The van der Waals surface area contributed by atoms with Gasteiger partial charge in [0.1, 0.15) is 5.75 Å². The van der Waals surface area contributed by atoms with E-state index in [-0.39, 0.29) is 18.4 Å². The van der Waals surface area contributed by atoms with E-state index < -0.39 is 0 Å². The molecule has 1 saturated heterocycles. The normalized spacial score (nSPS) is 17.7. The number of H-pyrrole nitrogens is 1.